The SMILES string of the molecule is Bc1nc(N2CCC(c3cc(C(F)(F)F)cc(C(F)(F)F)c3)(C(F)(F)F)C2)ccc1C=O. The highest BCUT2D eigenvalue weighted by Crippen LogP contribution is 2.50. The van der Waals surface area contributed by atoms with Crippen molar-refractivity contribution in [2.24, 2.45) is 0 Å². The van der Waals surface area contributed by atoms with Gasteiger partial charge in [0.15, 0.2) is 14.1 Å². The lowest BCUT2D eigenvalue weighted by molar-refractivity contribution is -0.185. The molecule has 1 aromatic heterocycles. The molecule has 1 aliphatic heterocycles. The molecule has 2 aromatic rings. The highest BCUT2D eigenvalue weighted by Gasteiger charge is 2.60. The lowest BCUT2D eigenvalue weighted by Crippen LogP contribution is -2.45. The third-order valence-corrected chi connectivity index (χ3v) is 5.52. The number of rotatable bonds is 3. The number of anilines is 1. The van der Waals surface area contributed by atoms with E-state index in [1.54, 1.807) is 0 Å². The average molecular weight is 468 g/mol. The molecule has 0 spiro atoms. The largest absolute Gasteiger partial charge is 0.416 e. The zero-order valence-electron chi connectivity index (χ0n) is 16.3. The Morgan fingerprint density at radius 3 is 1.94 bits per heavy atom. The van der Waals surface area contributed by atoms with Crippen LogP contribution in [-0.4, -0.2) is 38.4 Å². The molecule has 0 N–H and O–H groups in total. The van der Waals surface area contributed by atoms with Crippen LogP contribution in [0.1, 0.15) is 33.5 Å². The number of aldehydes is 1. The van der Waals surface area contributed by atoms with Gasteiger partial charge in [-0.05, 0) is 42.3 Å². The summed E-state index contributed by atoms with van der Waals surface area (Å²) in [5, 5.41) is 0. The average Bonchev–Trinajstić information content (AvgIpc) is 3.13. The molecule has 1 saturated heterocycles. The number of benzene rings is 1. The molecule has 0 radical (unpaired) electrons. The molecule has 2 heterocycles. The van der Waals surface area contributed by atoms with Crippen LogP contribution in [0.5, 0.6) is 0 Å². The van der Waals surface area contributed by atoms with Crippen molar-refractivity contribution in [2.75, 3.05) is 18.0 Å². The monoisotopic (exact) mass is 468 g/mol. The smallest absolute Gasteiger partial charge is 0.355 e. The van der Waals surface area contributed by atoms with Crippen LogP contribution < -0.4 is 10.5 Å². The van der Waals surface area contributed by atoms with Crippen LogP contribution in [0.25, 0.3) is 0 Å². The van der Waals surface area contributed by atoms with E-state index in [9.17, 15) is 44.3 Å². The zero-order valence-corrected chi connectivity index (χ0v) is 16.3. The van der Waals surface area contributed by atoms with Gasteiger partial charge < -0.3 is 4.90 Å². The summed E-state index contributed by atoms with van der Waals surface area (Å²) in [6, 6.07) is 2.64. The van der Waals surface area contributed by atoms with Gasteiger partial charge in [-0.25, -0.2) is 4.98 Å². The number of aromatic nitrogens is 1. The van der Waals surface area contributed by atoms with Gasteiger partial charge in [-0.15, -0.1) is 0 Å². The molecule has 0 aliphatic carbocycles. The molecule has 0 amide bonds. The molecule has 0 bridgehead atoms. The number of hydrogen-bond donors (Lipinski definition) is 0. The molecule has 1 aromatic carbocycles. The van der Waals surface area contributed by atoms with Crippen molar-refractivity contribution in [2.45, 2.75) is 30.4 Å². The summed E-state index contributed by atoms with van der Waals surface area (Å²) in [4.78, 5) is 16.1. The van der Waals surface area contributed by atoms with Gasteiger partial charge in [0.05, 0.1) is 11.1 Å². The summed E-state index contributed by atoms with van der Waals surface area (Å²) in [6.45, 7) is -1.24. The van der Waals surface area contributed by atoms with E-state index >= 15 is 0 Å². The fraction of sp³-hybridized carbons (Fsp3) is 0.368. The Kier molecular flexibility index (Phi) is 5.76. The van der Waals surface area contributed by atoms with Gasteiger partial charge in [0.1, 0.15) is 11.2 Å². The fourth-order valence-electron chi connectivity index (χ4n) is 3.73. The number of halogens is 9. The highest BCUT2D eigenvalue weighted by atomic mass is 19.4. The Labute approximate surface area is 176 Å². The topological polar surface area (TPSA) is 33.2 Å². The van der Waals surface area contributed by atoms with Crippen LogP contribution in [0.15, 0.2) is 30.3 Å². The van der Waals surface area contributed by atoms with Crippen LogP contribution in [0, 0.1) is 0 Å². The maximum atomic E-state index is 14.2. The number of alkyl halides is 9. The number of hydrogen-bond acceptors (Lipinski definition) is 3. The van der Waals surface area contributed by atoms with E-state index < -0.39 is 53.6 Å². The molecule has 32 heavy (non-hydrogen) atoms. The third kappa shape index (κ3) is 4.29. The lowest BCUT2D eigenvalue weighted by atomic mass is 9.77. The minimum absolute atomic E-state index is 0.0299. The van der Waals surface area contributed by atoms with E-state index in [2.05, 4.69) is 4.98 Å². The minimum Gasteiger partial charge on any atom is -0.355 e. The first-order valence-electron chi connectivity index (χ1n) is 9.13. The first-order chi connectivity index (χ1) is 14.6. The number of carbonyl (C=O) groups is 1. The first-order valence-corrected chi connectivity index (χ1v) is 9.13. The predicted molar refractivity (Wildman–Crippen MR) is 98.8 cm³/mol. The Balaban J connectivity index is 2.14. The summed E-state index contributed by atoms with van der Waals surface area (Å²) < 4.78 is 122. The Bertz CT molecular complexity index is 1000. The van der Waals surface area contributed by atoms with Crippen molar-refractivity contribution in [1.82, 2.24) is 4.98 Å². The molecule has 1 atom stereocenters. The Morgan fingerprint density at radius 1 is 0.938 bits per heavy atom. The molecule has 13 heteroatoms. The van der Waals surface area contributed by atoms with E-state index in [-0.39, 0.29) is 41.7 Å². The van der Waals surface area contributed by atoms with Crippen molar-refractivity contribution >= 4 is 25.5 Å². The third-order valence-electron chi connectivity index (χ3n) is 5.52. The number of carbonyl (C=O) groups excluding carboxylic acids is 1. The second kappa shape index (κ2) is 7.70. The summed E-state index contributed by atoms with van der Waals surface area (Å²) in [7, 11) is 1.45. The molecule has 1 aliphatic rings. The molecule has 3 rings (SSSR count). The quantitative estimate of drug-likeness (QED) is 0.390. The van der Waals surface area contributed by atoms with E-state index in [1.165, 1.54) is 20.0 Å². The summed E-state index contributed by atoms with van der Waals surface area (Å²) in [5.74, 6) is 0.0299. The minimum atomic E-state index is -5.27. The van der Waals surface area contributed by atoms with Gasteiger partial charge >= 0.3 is 18.5 Å². The van der Waals surface area contributed by atoms with Gasteiger partial charge in [-0.3, -0.25) is 4.79 Å². The highest BCUT2D eigenvalue weighted by molar-refractivity contribution is 6.33. The summed E-state index contributed by atoms with van der Waals surface area (Å²) in [5.41, 5.74) is -7.30. The summed E-state index contributed by atoms with van der Waals surface area (Å²) >= 11 is 0. The van der Waals surface area contributed by atoms with E-state index in [4.69, 9.17) is 0 Å². The molecular formula is C19H14BF9N2O. The standard InChI is InChI=1S/C19H14BF9N2O/c20-15-10(8-32)1-2-14(30-15)31-4-3-16(9-31,19(27,28)29)11-5-12(17(21,22)23)7-13(6-11)18(24,25)26/h1-2,5-8H,3-4,9,20H2. The van der Waals surface area contributed by atoms with E-state index in [0.717, 1.165) is 4.90 Å². The van der Waals surface area contributed by atoms with E-state index in [0.29, 0.717) is 6.29 Å². The van der Waals surface area contributed by atoms with E-state index in [1.807, 2.05) is 0 Å². The van der Waals surface area contributed by atoms with Crippen molar-refractivity contribution in [3.05, 3.63) is 52.6 Å². The Morgan fingerprint density at radius 2 is 1.50 bits per heavy atom. The van der Waals surface area contributed by atoms with Gasteiger partial charge in [0.2, 0.25) is 0 Å². The van der Waals surface area contributed by atoms with Crippen molar-refractivity contribution in [3.8, 4) is 0 Å². The van der Waals surface area contributed by atoms with Gasteiger partial charge in [-0.2, -0.15) is 39.5 Å². The molecule has 3 nitrogen and oxygen atoms in total. The van der Waals surface area contributed by atoms with Crippen LogP contribution in [0.3, 0.4) is 0 Å². The summed E-state index contributed by atoms with van der Waals surface area (Å²) in [6.07, 6.45) is -16.0. The van der Waals surface area contributed by atoms with Gasteiger partial charge in [0.25, 0.3) is 0 Å². The molecule has 0 saturated carbocycles. The van der Waals surface area contributed by atoms with Crippen LogP contribution in [0.4, 0.5) is 45.3 Å². The predicted octanol–water partition coefficient (Wildman–Crippen LogP) is 3.90. The Hall–Kier alpha value is -2.73. The van der Waals surface area contributed by atoms with Crippen LogP contribution in [-0.2, 0) is 17.8 Å². The molecule has 172 valence electrons. The van der Waals surface area contributed by atoms with Gasteiger partial charge in [-0.1, -0.05) is 0 Å². The molecule has 1 unspecified atom stereocenters. The van der Waals surface area contributed by atoms with Crippen molar-refractivity contribution in [3.63, 3.8) is 0 Å². The number of nitrogens with zero attached hydrogens (tertiary/aromatic N) is 2. The first kappa shape index (κ1) is 23.9. The maximum absolute atomic E-state index is 14.2. The van der Waals surface area contributed by atoms with Gasteiger partial charge in [0, 0.05) is 24.2 Å². The van der Waals surface area contributed by atoms with Crippen molar-refractivity contribution in [1.29, 1.82) is 0 Å². The second-order valence-corrected chi connectivity index (χ2v) is 7.51. The van der Waals surface area contributed by atoms with Crippen LogP contribution in [0.2, 0.25) is 0 Å². The lowest BCUT2D eigenvalue weighted by Gasteiger charge is -2.33. The zero-order chi connectivity index (χ0) is 24.1. The normalized spacial score (nSPS) is 20.0. The maximum Gasteiger partial charge on any atom is 0.416 e. The fourth-order valence-corrected chi connectivity index (χ4v) is 3.73. The molecule has 1 fully saturated rings. The van der Waals surface area contributed by atoms with Crippen LogP contribution >= 0.6 is 0 Å². The van der Waals surface area contributed by atoms with Crippen molar-refractivity contribution < 1.29 is 44.3 Å². The second-order valence-electron chi connectivity index (χ2n) is 7.51. The number of pyridine rings is 1. The molecular weight excluding hydrogens is 454 g/mol.